The minimum absolute atomic E-state index is 0.0180. The van der Waals surface area contributed by atoms with E-state index in [1.165, 1.54) is 0 Å². The number of aliphatic imine (C=N–C) groups is 1. The number of rotatable bonds is 24. The van der Waals surface area contributed by atoms with Crippen molar-refractivity contribution in [3.63, 3.8) is 0 Å². The van der Waals surface area contributed by atoms with E-state index in [2.05, 4.69) is 113 Å². The Morgan fingerprint density at radius 3 is 1.56 bits per heavy atom. The van der Waals surface area contributed by atoms with Gasteiger partial charge in [-0.3, -0.25) is 24.0 Å². The van der Waals surface area contributed by atoms with Crippen LogP contribution >= 0.6 is 11.8 Å². The number of carboxylic acid groups (broad SMARTS) is 2. The van der Waals surface area contributed by atoms with E-state index in [4.69, 9.17) is 19.2 Å². The van der Waals surface area contributed by atoms with Crippen LogP contribution in [0, 0.1) is 68.5 Å². The van der Waals surface area contributed by atoms with E-state index in [0.717, 1.165) is 37.4 Å². The van der Waals surface area contributed by atoms with Crippen LogP contribution in [-0.4, -0.2) is 92.5 Å². The molecule has 84 heavy (non-hydrogen) atoms. The molecule has 17 heteroatoms. The second kappa shape index (κ2) is 29.2. The van der Waals surface area contributed by atoms with Gasteiger partial charge in [0.05, 0.1) is 24.1 Å². The molecule has 2 saturated carbocycles. The third-order valence-electron chi connectivity index (χ3n) is 17.8. The number of ether oxygens (including phenoxy) is 3. The predicted octanol–water partition coefficient (Wildman–Crippen LogP) is 14.8. The van der Waals surface area contributed by atoms with E-state index in [9.17, 15) is 34.2 Å². The molecule has 0 aromatic carbocycles. The first-order valence-corrected chi connectivity index (χ1v) is 32.2. The summed E-state index contributed by atoms with van der Waals surface area (Å²) in [6, 6.07) is 0. The molecular weight excluding hydrogens is 1080 g/mol. The lowest BCUT2D eigenvalue weighted by molar-refractivity contribution is -0.164. The fourth-order valence-electron chi connectivity index (χ4n) is 12.6. The first kappa shape index (κ1) is 71.6. The van der Waals surface area contributed by atoms with E-state index in [1.54, 1.807) is 6.08 Å². The van der Waals surface area contributed by atoms with Gasteiger partial charge < -0.3 is 40.0 Å². The maximum Gasteiger partial charge on any atom is 0.342 e. The number of carbonyl (C=O) groups excluding carboxylic acids is 5. The highest BCUT2D eigenvalue weighted by Crippen LogP contribution is 2.52. The van der Waals surface area contributed by atoms with Crippen LogP contribution in [0.1, 0.15) is 250 Å². The van der Waals surface area contributed by atoms with Gasteiger partial charge in [-0.05, 0) is 140 Å². The molecule has 1 aromatic heterocycles. The monoisotopic (exact) mass is 1190 g/mol. The Balaban J connectivity index is 1.92. The summed E-state index contributed by atoms with van der Waals surface area (Å²) in [6.07, 6.45) is 6.19. The van der Waals surface area contributed by atoms with Crippen molar-refractivity contribution in [3.8, 4) is 0 Å². The number of thioether (sulfide) groups is 1. The molecule has 2 aliphatic carbocycles. The fraction of sp³-hybridized carbons (Fsp3) is 0.761. The van der Waals surface area contributed by atoms with Crippen LogP contribution in [0.2, 0.25) is 0 Å². The van der Waals surface area contributed by atoms with Gasteiger partial charge in [-0.25, -0.2) is 14.6 Å². The fourth-order valence-corrected chi connectivity index (χ4v) is 13.6. The third-order valence-corrected chi connectivity index (χ3v) is 19.1. The number of nitrogens with zero attached hydrogens (tertiary/aromatic N) is 1. The minimum atomic E-state index is -1.21. The number of aromatic nitrogens is 1. The van der Waals surface area contributed by atoms with E-state index in [1.807, 2.05) is 48.5 Å². The Bertz CT molecular complexity index is 2570. The number of aliphatic carboxylic acids is 2. The highest BCUT2D eigenvalue weighted by Gasteiger charge is 2.51. The number of carbonyl (C=O) groups is 7. The Hall–Kier alpha value is -4.93. The summed E-state index contributed by atoms with van der Waals surface area (Å²) in [6.45, 7) is 44.4. The summed E-state index contributed by atoms with van der Waals surface area (Å²) in [5, 5.41) is 23.7. The number of carboxylic acids is 2. The summed E-state index contributed by atoms with van der Waals surface area (Å²) >= 11 is 1.02. The second-order valence-electron chi connectivity index (χ2n) is 30.3. The van der Waals surface area contributed by atoms with Crippen LogP contribution in [0.3, 0.4) is 0 Å². The van der Waals surface area contributed by atoms with Crippen molar-refractivity contribution >= 4 is 71.2 Å². The van der Waals surface area contributed by atoms with Gasteiger partial charge >= 0.3 is 29.8 Å². The average Bonchev–Trinajstić information content (AvgIpc) is 2.10. The minimum Gasteiger partial charge on any atom is -0.481 e. The molecule has 2 heterocycles. The Labute approximate surface area is 507 Å². The second-order valence-corrected chi connectivity index (χ2v) is 31.6. The van der Waals surface area contributed by atoms with Gasteiger partial charge in [0.25, 0.3) is 0 Å². The summed E-state index contributed by atoms with van der Waals surface area (Å²) in [4.78, 5) is 103. The van der Waals surface area contributed by atoms with Crippen molar-refractivity contribution in [2.24, 2.45) is 73.5 Å². The molecule has 3 aliphatic rings. The molecule has 0 spiro atoms. The van der Waals surface area contributed by atoms with Crippen LogP contribution in [-0.2, 0) is 43.0 Å². The number of aromatic amines is 1. The molecule has 474 valence electrons. The third kappa shape index (κ3) is 19.3. The molecule has 1 aromatic rings. The van der Waals surface area contributed by atoms with Crippen LogP contribution in [0.15, 0.2) is 21.8 Å². The van der Waals surface area contributed by atoms with Gasteiger partial charge in [-0.2, -0.15) is 0 Å². The topological polar surface area (TPSA) is 240 Å². The molecule has 16 nitrogen and oxygen atoms in total. The number of H-pyrrole nitrogens is 1. The number of hydrogen-bond donors (Lipinski definition) is 5. The quantitative estimate of drug-likeness (QED) is 0.0368. The zero-order valence-corrected chi connectivity index (χ0v) is 56.0. The lowest BCUT2D eigenvalue weighted by atomic mass is 9.59. The van der Waals surface area contributed by atoms with Crippen LogP contribution in [0.5, 0.6) is 0 Å². The molecule has 0 radical (unpaired) electrons. The zero-order valence-electron chi connectivity index (χ0n) is 55.2. The normalized spacial score (nSPS) is 23.6. The van der Waals surface area contributed by atoms with Crippen molar-refractivity contribution in [3.05, 3.63) is 33.7 Å². The standard InChI is InChI=1S/C67H108N4O12S/c1-22-67(20,21)62(80)81-29-25-23-27-48(72)70-57-53(60(78)82-55-41(63(8,9)10)31-39(6)32-42(55)64(11,12)13)51(37(2)3)45(68-57)35-46-52(38(4)5)54(58(69-46)71-49(73)28-24-26-30-84-47(59(76)77)36-50(74)75)61(79)83-56-43(65(14,15)16)33-40(7)34-44(56)66(17,18)19/h35,37-44,47,55-56,69H,22-34,36H2,1-21H3,(H,71,73)(H,74,75)(H,76,77)(H,68,70,72). The number of allylic oxidation sites excluding steroid dienone is 1. The molecule has 5 atom stereocenters. The Kier molecular flexibility index (Phi) is 24.9. The summed E-state index contributed by atoms with van der Waals surface area (Å²) in [5.41, 5.74) is 0.747. The Morgan fingerprint density at radius 1 is 0.667 bits per heavy atom. The maximum absolute atomic E-state index is 15.4. The highest BCUT2D eigenvalue weighted by atomic mass is 32.2. The molecule has 1 aliphatic heterocycles. The van der Waals surface area contributed by atoms with Gasteiger partial charge in [0.1, 0.15) is 40.2 Å². The number of unbranched alkanes of at least 4 members (excludes halogenated alkanes) is 2. The number of amidine groups is 1. The lowest BCUT2D eigenvalue weighted by Gasteiger charge is -2.50. The molecule has 5 N–H and O–H groups in total. The van der Waals surface area contributed by atoms with Gasteiger partial charge in [-0.15, -0.1) is 11.8 Å². The number of amides is 2. The first-order valence-electron chi connectivity index (χ1n) is 31.2. The van der Waals surface area contributed by atoms with E-state index in [-0.39, 0.29) is 111 Å². The van der Waals surface area contributed by atoms with Crippen molar-refractivity contribution in [2.75, 3.05) is 17.7 Å². The van der Waals surface area contributed by atoms with Crippen molar-refractivity contribution in [1.29, 1.82) is 0 Å². The van der Waals surface area contributed by atoms with Gasteiger partial charge in [0.15, 0.2) is 0 Å². The summed E-state index contributed by atoms with van der Waals surface area (Å²) in [7, 11) is 0. The Morgan fingerprint density at radius 2 is 1.13 bits per heavy atom. The van der Waals surface area contributed by atoms with Gasteiger partial charge in [-0.1, -0.05) is 132 Å². The van der Waals surface area contributed by atoms with Crippen LogP contribution in [0.4, 0.5) is 5.82 Å². The lowest BCUT2D eigenvalue weighted by Crippen LogP contribution is -2.50. The average molecular weight is 1190 g/mol. The maximum atomic E-state index is 15.4. The van der Waals surface area contributed by atoms with E-state index in [0.29, 0.717) is 72.2 Å². The number of nitrogens with one attached hydrogen (secondary N) is 3. The zero-order chi connectivity index (χ0) is 63.8. The summed E-state index contributed by atoms with van der Waals surface area (Å²) in [5.74, 6) is -3.94. The van der Waals surface area contributed by atoms with Crippen molar-refractivity contribution in [2.45, 2.75) is 246 Å². The van der Waals surface area contributed by atoms with Crippen molar-refractivity contribution < 1.29 is 58.0 Å². The SMILES string of the molecule is CCC(C)(C)C(=O)OCCCCC(=O)NC1=NC(=Cc2[nH]c(NC(=O)CCCCSC(CC(=O)O)C(=O)O)c(C(=O)OC3C(C(C)(C)C)CC(C)CC3C(C)(C)C)c2C(C)C)C(C(C)C)=C1C(=O)OC1C(C(C)(C)C)CC(C)CC1C(C)(C)C. The van der Waals surface area contributed by atoms with Crippen molar-refractivity contribution in [1.82, 2.24) is 10.3 Å². The van der Waals surface area contributed by atoms with Crippen LogP contribution in [0.25, 0.3) is 6.08 Å². The van der Waals surface area contributed by atoms with Gasteiger partial charge in [0.2, 0.25) is 11.8 Å². The molecule has 2 fully saturated rings. The largest absolute Gasteiger partial charge is 0.481 e. The summed E-state index contributed by atoms with van der Waals surface area (Å²) < 4.78 is 19.3. The van der Waals surface area contributed by atoms with Crippen LogP contribution < -0.4 is 10.6 Å². The molecular formula is C67H108N4O12S. The first-order chi connectivity index (χ1) is 38.6. The van der Waals surface area contributed by atoms with E-state index < -0.39 is 59.1 Å². The number of hydrogen-bond acceptors (Lipinski definition) is 12. The van der Waals surface area contributed by atoms with E-state index >= 15 is 9.59 Å². The predicted molar refractivity (Wildman–Crippen MR) is 335 cm³/mol. The smallest absolute Gasteiger partial charge is 0.342 e. The number of esters is 3. The molecule has 0 saturated heterocycles. The molecule has 4 rings (SSSR count). The van der Waals surface area contributed by atoms with Gasteiger partial charge in [0, 0.05) is 42.2 Å². The number of anilines is 1. The highest BCUT2D eigenvalue weighted by molar-refractivity contribution is 8.00. The molecule has 0 bridgehead atoms. The molecule has 5 unspecified atom stereocenters. The molecule has 2 amide bonds.